The number of benzene rings is 3. The Morgan fingerprint density at radius 2 is 1.42 bits per heavy atom. The highest BCUT2D eigenvalue weighted by molar-refractivity contribution is 6.22. The monoisotopic (exact) mass is 411 g/mol. The molecule has 0 atom stereocenters. The Labute approximate surface area is 181 Å². The maximum absolute atomic E-state index is 13.5. The molecule has 156 valence electrons. The Morgan fingerprint density at radius 1 is 0.806 bits per heavy atom. The van der Waals surface area contributed by atoms with Crippen molar-refractivity contribution in [3.8, 4) is 11.1 Å². The molecular formula is C27H25NO3. The largest absolute Gasteiger partial charge is 0.456 e. The van der Waals surface area contributed by atoms with E-state index in [0.717, 1.165) is 22.3 Å². The molecule has 0 radical (unpaired) electrons. The van der Waals surface area contributed by atoms with E-state index in [1.807, 2.05) is 88.4 Å². The number of aromatic nitrogens is 1. The van der Waals surface area contributed by atoms with Gasteiger partial charge >= 0.3 is 5.97 Å². The van der Waals surface area contributed by atoms with Crippen molar-refractivity contribution in [2.24, 2.45) is 0 Å². The molecule has 0 fully saturated rings. The predicted octanol–water partition coefficient (Wildman–Crippen LogP) is 6.33. The summed E-state index contributed by atoms with van der Waals surface area (Å²) >= 11 is 0. The van der Waals surface area contributed by atoms with Crippen LogP contribution in [0.25, 0.3) is 22.0 Å². The second-order valence-electron chi connectivity index (χ2n) is 8.60. The summed E-state index contributed by atoms with van der Waals surface area (Å²) < 4.78 is 5.78. The lowest BCUT2D eigenvalue weighted by Crippen LogP contribution is -2.24. The van der Waals surface area contributed by atoms with Crippen LogP contribution in [0.3, 0.4) is 0 Å². The number of nitrogens with one attached hydrogen (secondary N) is 1. The maximum atomic E-state index is 13.5. The minimum absolute atomic E-state index is 0.126. The molecule has 1 aromatic heterocycles. The van der Waals surface area contributed by atoms with E-state index in [0.29, 0.717) is 22.1 Å². The zero-order valence-corrected chi connectivity index (χ0v) is 18.2. The summed E-state index contributed by atoms with van der Waals surface area (Å²) in [5, 5.41) is 0.599. The van der Waals surface area contributed by atoms with Gasteiger partial charge < -0.3 is 9.72 Å². The van der Waals surface area contributed by atoms with Gasteiger partial charge in [0.1, 0.15) is 5.60 Å². The van der Waals surface area contributed by atoms with Crippen LogP contribution in [0.5, 0.6) is 0 Å². The molecular weight excluding hydrogens is 386 g/mol. The molecule has 0 aliphatic rings. The van der Waals surface area contributed by atoms with Crippen molar-refractivity contribution < 1.29 is 14.3 Å². The van der Waals surface area contributed by atoms with E-state index < -0.39 is 11.6 Å². The fourth-order valence-corrected chi connectivity index (χ4v) is 3.84. The van der Waals surface area contributed by atoms with E-state index in [2.05, 4.69) is 4.98 Å². The van der Waals surface area contributed by atoms with Crippen molar-refractivity contribution in [2.45, 2.75) is 33.3 Å². The summed E-state index contributed by atoms with van der Waals surface area (Å²) in [6.07, 6.45) is 0. The third-order valence-corrected chi connectivity index (χ3v) is 5.10. The summed E-state index contributed by atoms with van der Waals surface area (Å²) in [5.41, 5.74) is 3.90. The molecule has 1 heterocycles. The highest BCUT2D eigenvalue weighted by atomic mass is 16.6. The number of carbonyl (C=O) groups excluding carboxylic acids is 2. The first-order valence-electron chi connectivity index (χ1n) is 10.3. The van der Waals surface area contributed by atoms with Gasteiger partial charge in [-0.2, -0.15) is 0 Å². The van der Waals surface area contributed by atoms with E-state index in [1.165, 1.54) is 0 Å². The van der Waals surface area contributed by atoms with E-state index in [9.17, 15) is 9.59 Å². The average molecular weight is 412 g/mol. The molecule has 0 saturated heterocycles. The van der Waals surface area contributed by atoms with Gasteiger partial charge in [0.15, 0.2) is 5.78 Å². The molecule has 0 spiro atoms. The Morgan fingerprint density at radius 3 is 2.03 bits per heavy atom. The van der Waals surface area contributed by atoms with Gasteiger partial charge in [-0.15, -0.1) is 0 Å². The van der Waals surface area contributed by atoms with Crippen molar-refractivity contribution in [2.75, 3.05) is 0 Å². The van der Waals surface area contributed by atoms with Crippen molar-refractivity contribution >= 4 is 22.7 Å². The van der Waals surface area contributed by atoms with Crippen molar-refractivity contribution in [1.82, 2.24) is 4.98 Å². The van der Waals surface area contributed by atoms with E-state index in [4.69, 9.17) is 4.74 Å². The number of ether oxygens (including phenoxy) is 1. The number of rotatable bonds is 4. The summed E-state index contributed by atoms with van der Waals surface area (Å²) in [5.74, 6) is -0.572. The fourth-order valence-electron chi connectivity index (χ4n) is 3.84. The lowest BCUT2D eigenvalue weighted by atomic mass is 9.92. The van der Waals surface area contributed by atoms with Gasteiger partial charge in [0.05, 0.1) is 11.1 Å². The normalized spacial score (nSPS) is 11.5. The summed E-state index contributed by atoms with van der Waals surface area (Å²) in [6, 6.07) is 22.6. The number of esters is 1. The number of aromatic amines is 1. The van der Waals surface area contributed by atoms with Gasteiger partial charge in [-0.05, 0) is 44.9 Å². The van der Waals surface area contributed by atoms with E-state index in [-0.39, 0.29) is 5.78 Å². The third-order valence-electron chi connectivity index (χ3n) is 5.10. The molecule has 0 bridgehead atoms. The van der Waals surface area contributed by atoms with Gasteiger partial charge in [-0.3, -0.25) is 4.79 Å². The standard InChI is InChI=1S/C27H25NO3/c1-17-22(25(29)19-13-9-6-10-14-19)24-21(28-17)16-15-20(18-11-7-5-8-12-18)23(24)26(30)31-27(2,3)4/h5-16,28H,1-4H3. The number of aryl methyl sites for hydroxylation is 1. The number of hydrogen-bond donors (Lipinski definition) is 1. The first-order chi connectivity index (χ1) is 14.8. The molecule has 0 amide bonds. The lowest BCUT2D eigenvalue weighted by Gasteiger charge is -2.21. The zero-order valence-electron chi connectivity index (χ0n) is 18.2. The van der Waals surface area contributed by atoms with Crippen LogP contribution < -0.4 is 0 Å². The number of ketones is 1. The van der Waals surface area contributed by atoms with Gasteiger partial charge in [-0.1, -0.05) is 66.7 Å². The van der Waals surface area contributed by atoms with Crippen LogP contribution in [0, 0.1) is 6.92 Å². The van der Waals surface area contributed by atoms with Crippen molar-refractivity contribution in [3.63, 3.8) is 0 Å². The minimum atomic E-state index is -0.665. The fraction of sp³-hybridized carbons (Fsp3) is 0.185. The summed E-state index contributed by atoms with van der Waals surface area (Å²) in [6.45, 7) is 7.38. The van der Waals surface area contributed by atoms with Crippen LogP contribution in [0.2, 0.25) is 0 Å². The number of H-pyrrole nitrogens is 1. The molecule has 0 aliphatic carbocycles. The van der Waals surface area contributed by atoms with Crippen LogP contribution in [0.1, 0.15) is 52.7 Å². The van der Waals surface area contributed by atoms with E-state index >= 15 is 0 Å². The second kappa shape index (κ2) is 7.88. The van der Waals surface area contributed by atoms with Gasteiger partial charge in [0.25, 0.3) is 0 Å². The van der Waals surface area contributed by atoms with Crippen LogP contribution in [-0.2, 0) is 4.74 Å². The molecule has 31 heavy (non-hydrogen) atoms. The molecule has 4 heteroatoms. The van der Waals surface area contributed by atoms with Crippen molar-refractivity contribution in [1.29, 1.82) is 0 Å². The molecule has 4 rings (SSSR count). The first-order valence-corrected chi connectivity index (χ1v) is 10.3. The van der Waals surface area contributed by atoms with Crippen LogP contribution in [0.4, 0.5) is 0 Å². The Hall–Kier alpha value is -3.66. The van der Waals surface area contributed by atoms with Gasteiger partial charge in [0, 0.05) is 22.2 Å². The summed E-state index contributed by atoms with van der Waals surface area (Å²) in [4.78, 5) is 30.2. The van der Waals surface area contributed by atoms with Crippen molar-refractivity contribution in [3.05, 3.63) is 95.2 Å². The topological polar surface area (TPSA) is 59.2 Å². The number of carbonyl (C=O) groups is 2. The first kappa shape index (κ1) is 20.6. The Balaban J connectivity index is 2.03. The molecule has 1 N–H and O–H groups in total. The number of hydrogen-bond acceptors (Lipinski definition) is 3. The lowest BCUT2D eigenvalue weighted by molar-refractivity contribution is 0.00727. The van der Waals surface area contributed by atoms with Crippen LogP contribution in [0.15, 0.2) is 72.8 Å². The van der Waals surface area contributed by atoms with Gasteiger partial charge in [-0.25, -0.2) is 4.79 Å². The molecule has 4 nitrogen and oxygen atoms in total. The Kier molecular flexibility index (Phi) is 5.24. The molecule has 0 saturated carbocycles. The van der Waals surface area contributed by atoms with Crippen LogP contribution >= 0.6 is 0 Å². The molecule has 0 unspecified atom stereocenters. The number of fused-ring (bicyclic) bond motifs is 1. The predicted molar refractivity (Wildman–Crippen MR) is 124 cm³/mol. The molecule has 0 aliphatic heterocycles. The quantitative estimate of drug-likeness (QED) is 0.315. The second-order valence-corrected chi connectivity index (χ2v) is 8.60. The summed E-state index contributed by atoms with van der Waals surface area (Å²) in [7, 11) is 0. The van der Waals surface area contributed by atoms with Crippen LogP contribution in [-0.4, -0.2) is 22.3 Å². The SMILES string of the molecule is Cc1[nH]c2ccc(-c3ccccc3)c(C(=O)OC(C)(C)C)c2c1C(=O)c1ccccc1. The minimum Gasteiger partial charge on any atom is -0.456 e. The average Bonchev–Trinajstić information content (AvgIpc) is 3.08. The van der Waals surface area contributed by atoms with E-state index in [1.54, 1.807) is 12.1 Å². The molecule has 3 aromatic carbocycles. The highest BCUT2D eigenvalue weighted by Crippen LogP contribution is 2.36. The maximum Gasteiger partial charge on any atom is 0.340 e. The molecule has 4 aromatic rings. The smallest absolute Gasteiger partial charge is 0.340 e. The highest BCUT2D eigenvalue weighted by Gasteiger charge is 2.28. The zero-order chi connectivity index (χ0) is 22.2. The van der Waals surface area contributed by atoms with Gasteiger partial charge in [0.2, 0.25) is 0 Å². The Bertz CT molecular complexity index is 1260. The third kappa shape index (κ3) is 4.02.